The molecule has 0 aliphatic heterocycles. The number of hydrogen-bond donors (Lipinski definition) is 1. The third-order valence-corrected chi connectivity index (χ3v) is 4.10. The first-order valence-corrected chi connectivity index (χ1v) is 5.55. The number of nitrogens with two attached hydrogens (primary N) is 1. The van der Waals surface area contributed by atoms with Gasteiger partial charge in [-0.1, -0.05) is 20.8 Å². The predicted octanol–water partition coefficient (Wildman–Crippen LogP) is 3.27. The van der Waals surface area contributed by atoms with Crippen molar-refractivity contribution in [1.29, 1.82) is 0 Å². The zero-order valence-electron chi connectivity index (χ0n) is 7.65. The summed E-state index contributed by atoms with van der Waals surface area (Å²) in [7, 11) is 0. The molecular formula is C9H14BrNS. The largest absolute Gasteiger partial charge is 0.326 e. The summed E-state index contributed by atoms with van der Waals surface area (Å²) in [4.78, 5) is 1.38. The van der Waals surface area contributed by atoms with Gasteiger partial charge in [-0.05, 0) is 33.0 Å². The highest BCUT2D eigenvalue weighted by molar-refractivity contribution is 9.11. The van der Waals surface area contributed by atoms with E-state index in [0.717, 1.165) is 0 Å². The van der Waals surface area contributed by atoms with Gasteiger partial charge in [0.25, 0.3) is 0 Å². The topological polar surface area (TPSA) is 26.0 Å². The van der Waals surface area contributed by atoms with Crippen molar-refractivity contribution in [3.05, 3.63) is 20.3 Å². The van der Waals surface area contributed by atoms with Crippen molar-refractivity contribution in [3.63, 3.8) is 0 Å². The minimum absolute atomic E-state index is 0.237. The second kappa shape index (κ2) is 3.48. The minimum atomic E-state index is 0.237. The van der Waals surface area contributed by atoms with Gasteiger partial charge in [-0.2, -0.15) is 0 Å². The second-order valence-corrected chi connectivity index (χ2v) is 6.23. The molecule has 1 aromatic rings. The third kappa shape index (κ3) is 2.09. The molecule has 12 heavy (non-hydrogen) atoms. The summed E-state index contributed by atoms with van der Waals surface area (Å²) in [5, 5.41) is 0. The van der Waals surface area contributed by atoms with Crippen LogP contribution in [0.3, 0.4) is 0 Å². The van der Waals surface area contributed by atoms with Crippen LogP contribution in [0.15, 0.2) is 9.85 Å². The normalized spacial score (nSPS) is 12.1. The van der Waals surface area contributed by atoms with Crippen molar-refractivity contribution in [2.24, 2.45) is 5.73 Å². The molecule has 1 rings (SSSR count). The summed E-state index contributed by atoms with van der Waals surface area (Å²) in [5.41, 5.74) is 7.03. The van der Waals surface area contributed by atoms with Crippen molar-refractivity contribution in [2.45, 2.75) is 32.7 Å². The Morgan fingerprint density at radius 1 is 1.50 bits per heavy atom. The highest BCUT2D eigenvalue weighted by Crippen LogP contribution is 2.35. The summed E-state index contributed by atoms with van der Waals surface area (Å²) < 4.78 is 1.18. The Morgan fingerprint density at radius 2 is 2.08 bits per heavy atom. The maximum absolute atomic E-state index is 5.58. The van der Waals surface area contributed by atoms with E-state index in [1.807, 2.05) is 0 Å². The van der Waals surface area contributed by atoms with E-state index in [4.69, 9.17) is 5.73 Å². The van der Waals surface area contributed by atoms with E-state index in [1.165, 1.54) is 14.2 Å². The van der Waals surface area contributed by atoms with E-state index >= 15 is 0 Å². The molecular weight excluding hydrogens is 234 g/mol. The van der Waals surface area contributed by atoms with Gasteiger partial charge in [-0.25, -0.2) is 0 Å². The van der Waals surface area contributed by atoms with Crippen LogP contribution in [-0.4, -0.2) is 0 Å². The van der Waals surface area contributed by atoms with E-state index in [0.29, 0.717) is 6.54 Å². The van der Waals surface area contributed by atoms with Crippen LogP contribution >= 0.6 is 27.3 Å². The van der Waals surface area contributed by atoms with Gasteiger partial charge >= 0.3 is 0 Å². The molecule has 0 fully saturated rings. The summed E-state index contributed by atoms with van der Waals surface area (Å²) in [6.07, 6.45) is 0. The molecule has 0 unspecified atom stereocenters. The van der Waals surface area contributed by atoms with Crippen molar-refractivity contribution in [2.75, 3.05) is 0 Å². The van der Waals surface area contributed by atoms with Crippen LogP contribution in [0.1, 0.15) is 31.2 Å². The van der Waals surface area contributed by atoms with Crippen molar-refractivity contribution >= 4 is 27.3 Å². The molecule has 1 nitrogen and oxygen atoms in total. The molecule has 0 amide bonds. The lowest BCUT2D eigenvalue weighted by atomic mass is 9.94. The fraction of sp³-hybridized carbons (Fsp3) is 0.556. The van der Waals surface area contributed by atoms with E-state index in [2.05, 4.69) is 42.8 Å². The van der Waals surface area contributed by atoms with Crippen LogP contribution in [0, 0.1) is 0 Å². The summed E-state index contributed by atoms with van der Waals surface area (Å²) in [6.45, 7) is 7.26. The van der Waals surface area contributed by atoms with Crippen LogP contribution < -0.4 is 5.73 Å². The lowest BCUT2D eigenvalue weighted by Crippen LogP contribution is -2.08. The summed E-state index contributed by atoms with van der Waals surface area (Å²) in [5.74, 6) is 0. The molecule has 0 aromatic carbocycles. The zero-order valence-corrected chi connectivity index (χ0v) is 10.1. The van der Waals surface area contributed by atoms with Gasteiger partial charge in [0.1, 0.15) is 0 Å². The van der Waals surface area contributed by atoms with Crippen LogP contribution in [0.4, 0.5) is 0 Å². The Morgan fingerprint density at radius 3 is 2.33 bits per heavy atom. The molecule has 1 heterocycles. The Bertz CT molecular complexity index is 273. The van der Waals surface area contributed by atoms with Gasteiger partial charge in [0.2, 0.25) is 0 Å². The molecule has 2 N–H and O–H groups in total. The SMILES string of the molecule is CC(C)(C)c1cc(CN)c(Br)s1. The monoisotopic (exact) mass is 247 g/mol. The summed E-state index contributed by atoms with van der Waals surface area (Å²) in [6, 6.07) is 2.19. The summed E-state index contributed by atoms with van der Waals surface area (Å²) >= 11 is 5.29. The van der Waals surface area contributed by atoms with Crippen LogP contribution in [0.5, 0.6) is 0 Å². The Balaban J connectivity index is 3.05. The Kier molecular flexibility index (Phi) is 2.97. The maximum atomic E-state index is 5.58. The van der Waals surface area contributed by atoms with E-state index < -0.39 is 0 Å². The first-order valence-electron chi connectivity index (χ1n) is 3.94. The molecule has 0 aliphatic rings. The molecule has 3 heteroatoms. The molecule has 0 saturated heterocycles. The number of hydrogen-bond acceptors (Lipinski definition) is 2. The van der Waals surface area contributed by atoms with Crippen LogP contribution in [0.25, 0.3) is 0 Å². The fourth-order valence-electron chi connectivity index (χ4n) is 0.915. The van der Waals surface area contributed by atoms with E-state index in [9.17, 15) is 0 Å². The zero-order chi connectivity index (χ0) is 9.35. The van der Waals surface area contributed by atoms with Crippen LogP contribution in [-0.2, 0) is 12.0 Å². The average molecular weight is 248 g/mol. The third-order valence-electron chi connectivity index (χ3n) is 1.72. The fourth-order valence-corrected chi connectivity index (χ4v) is 2.69. The minimum Gasteiger partial charge on any atom is -0.326 e. The molecule has 0 atom stereocenters. The van der Waals surface area contributed by atoms with E-state index in [1.54, 1.807) is 11.3 Å². The predicted molar refractivity (Wildman–Crippen MR) is 58.6 cm³/mol. The molecule has 0 saturated carbocycles. The lowest BCUT2D eigenvalue weighted by molar-refractivity contribution is 0.603. The quantitative estimate of drug-likeness (QED) is 0.811. The van der Waals surface area contributed by atoms with Gasteiger partial charge in [-0.15, -0.1) is 11.3 Å². The standard InChI is InChI=1S/C9H14BrNS/c1-9(2,3)7-4-6(5-11)8(10)12-7/h4H,5,11H2,1-3H3. The highest BCUT2D eigenvalue weighted by Gasteiger charge is 2.17. The average Bonchev–Trinajstić information content (AvgIpc) is 2.29. The first kappa shape index (κ1) is 10.2. The van der Waals surface area contributed by atoms with Crippen LogP contribution in [0.2, 0.25) is 0 Å². The number of rotatable bonds is 1. The lowest BCUT2D eigenvalue weighted by Gasteiger charge is -2.15. The Labute approximate surface area is 86.1 Å². The van der Waals surface area contributed by atoms with Gasteiger partial charge in [-0.3, -0.25) is 0 Å². The molecule has 0 bridgehead atoms. The van der Waals surface area contributed by atoms with Crippen molar-refractivity contribution in [3.8, 4) is 0 Å². The van der Waals surface area contributed by atoms with Crippen molar-refractivity contribution < 1.29 is 0 Å². The maximum Gasteiger partial charge on any atom is 0.0746 e. The Hall–Kier alpha value is 0.140. The highest BCUT2D eigenvalue weighted by atomic mass is 79.9. The van der Waals surface area contributed by atoms with Gasteiger partial charge in [0, 0.05) is 11.4 Å². The van der Waals surface area contributed by atoms with Gasteiger partial charge < -0.3 is 5.73 Å². The molecule has 1 aromatic heterocycles. The van der Waals surface area contributed by atoms with Gasteiger partial charge in [0.15, 0.2) is 0 Å². The van der Waals surface area contributed by atoms with Gasteiger partial charge in [0.05, 0.1) is 3.79 Å². The molecule has 0 aliphatic carbocycles. The van der Waals surface area contributed by atoms with E-state index in [-0.39, 0.29) is 5.41 Å². The van der Waals surface area contributed by atoms with Crippen molar-refractivity contribution in [1.82, 2.24) is 0 Å². The molecule has 0 spiro atoms. The second-order valence-electron chi connectivity index (χ2n) is 3.86. The molecule has 0 radical (unpaired) electrons. The number of thiophene rings is 1. The number of halogens is 1. The molecule has 68 valence electrons. The first-order chi connectivity index (χ1) is 5.45. The smallest absolute Gasteiger partial charge is 0.0746 e.